The van der Waals surface area contributed by atoms with E-state index >= 15 is 0 Å². The lowest BCUT2D eigenvalue weighted by Crippen LogP contribution is -2.26. The van der Waals surface area contributed by atoms with Crippen molar-refractivity contribution in [3.63, 3.8) is 0 Å². The van der Waals surface area contributed by atoms with Gasteiger partial charge in [0.1, 0.15) is 5.69 Å². The number of halogens is 1. The number of carbonyl (C=O) groups is 1. The molecule has 0 saturated heterocycles. The van der Waals surface area contributed by atoms with Crippen LogP contribution in [-0.2, 0) is 13.0 Å². The van der Waals surface area contributed by atoms with Crippen LogP contribution >= 0.6 is 11.6 Å². The van der Waals surface area contributed by atoms with Gasteiger partial charge in [0.2, 0.25) is 5.95 Å². The van der Waals surface area contributed by atoms with E-state index in [9.17, 15) is 4.79 Å². The van der Waals surface area contributed by atoms with Crippen molar-refractivity contribution in [2.45, 2.75) is 19.9 Å². The van der Waals surface area contributed by atoms with Gasteiger partial charge in [0.25, 0.3) is 5.91 Å². The molecular formula is C21H21ClN4O. The number of anilines is 1. The maximum Gasteiger partial charge on any atom is 0.270 e. The zero-order valence-corrected chi connectivity index (χ0v) is 15.8. The third-order valence-corrected chi connectivity index (χ3v) is 4.32. The molecule has 3 aromatic rings. The van der Waals surface area contributed by atoms with E-state index in [2.05, 4.69) is 51.8 Å². The first-order valence-corrected chi connectivity index (χ1v) is 9.13. The molecule has 3 rings (SSSR count). The van der Waals surface area contributed by atoms with Gasteiger partial charge in [-0.25, -0.2) is 9.97 Å². The Bertz CT molecular complexity index is 895. The van der Waals surface area contributed by atoms with Gasteiger partial charge in [-0.05, 0) is 42.7 Å². The Morgan fingerprint density at radius 3 is 2.44 bits per heavy atom. The van der Waals surface area contributed by atoms with Crippen molar-refractivity contribution in [3.05, 3.63) is 88.2 Å². The Kier molecular flexibility index (Phi) is 6.39. The lowest BCUT2D eigenvalue weighted by molar-refractivity contribution is 0.0949. The van der Waals surface area contributed by atoms with Crippen LogP contribution < -0.4 is 10.6 Å². The van der Waals surface area contributed by atoms with Crippen LogP contribution in [0.1, 0.15) is 27.2 Å². The number of hydrogen-bond donors (Lipinski definition) is 2. The molecule has 1 heterocycles. The Labute approximate surface area is 163 Å². The Hall–Kier alpha value is -2.92. The molecular weight excluding hydrogens is 360 g/mol. The Balaban J connectivity index is 1.51. The van der Waals surface area contributed by atoms with Crippen molar-refractivity contribution in [1.29, 1.82) is 0 Å². The van der Waals surface area contributed by atoms with Crippen LogP contribution in [0.15, 0.2) is 60.8 Å². The molecule has 1 amide bonds. The normalized spacial score (nSPS) is 10.4. The van der Waals surface area contributed by atoms with Gasteiger partial charge < -0.3 is 10.6 Å². The number of aryl methyl sites for hydroxylation is 1. The van der Waals surface area contributed by atoms with Gasteiger partial charge >= 0.3 is 0 Å². The molecule has 138 valence electrons. The van der Waals surface area contributed by atoms with Crippen molar-refractivity contribution >= 4 is 23.5 Å². The number of aromatic nitrogens is 2. The molecule has 0 spiro atoms. The van der Waals surface area contributed by atoms with Crippen molar-refractivity contribution < 1.29 is 4.79 Å². The van der Waals surface area contributed by atoms with Gasteiger partial charge in [-0.1, -0.05) is 53.6 Å². The van der Waals surface area contributed by atoms with Crippen LogP contribution in [0.2, 0.25) is 5.02 Å². The highest BCUT2D eigenvalue weighted by atomic mass is 35.5. The highest BCUT2D eigenvalue weighted by Gasteiger charge is 2.08. The van der Waals surface area contributed by atoms with E-state index in [1.807, 2.05) is 24.3 Å². The van der Waals surface area contributed by atoms with Gasteiger partial charge in [-0.2, -0.15) is 0 Å². The molecule has 0 aliphatic rings. The molecule has 27 heavy (non-hydrogen) atoms. The highest BCUT2D eigenvalue weighted by Crippen LogP contribution is 2.10. The SMILES string of the molecule is Cc1ccc(CNc2nccc(C(=O)NCCc3ccc(Cl)cc3)n2)cc1. The number of rotatable bonds is 7. The molecule has 2 N–H and O–H groups in total. The quantitative estimate of drug-likeness (QED) is 0.649. The van der Waals surface area contributed by atoms with Crippen LogP contribution in [0.25, 0.3) is 0 Å². The second kappa shape index (κ2) is 9.14. The average molecular weight is 381 g/mol. The summed E-state index contributed by atoms with van der Waals surface area (Å²) in [5, 5.41) is 6.73. The molecule has 1 aromatic heterocycles. The second-order valence-electron chi connectivity index (χ2n) is 6.24. The lowest BCUT2D eigenvalue weighted by Gasteiger charge is -2.08. The minimum Gasteiger partial charge on any atom is -0.350 e. The summed E-state index contributed by atoms with van der Waals surface area (Å²) in [5.41, 5.74) is 3.80. The molecule has 0 aliphatic carbocycles. The maximum atomic E-state index is 12.3. The molecule has 5 nitrogen and oxygen atoms in total. The monoisotopic (exact) mass is 380 g/mol. The van der Waals surface area contributed by atoms with E-state index in [0.717, 1.165) is 17.5 Å². The minimum absolute atomic E-state index is 0.218. The maximum absolute atomic E-state index is 12.3. The number of nitrogens with zero attached hydrogens (tertiary/aromatic N) is 2. The lowest BCUT2D eigenvalue weighted by atomic mass is 10.1. The molecule has 0 radical (unpaired) electrons. The Morgan fingerprint density at radius 1 is 1.00 bits per heavy atom. The van der Waals surface area contributed by atoms with E-state index < -0.39 is 0 Å². The second-order valence-corrected chi connectivity index (χ2v) is 6.67. The Morgan fingerprint density at radius 2 is 1.70 bits per heavy atom. The first kappa shape index (κ1) is 18.9. The largest absolute Gasteiger partial charge is 0.350 e. The topological polar surface area (TPSA) is 66.9 Å². The minimum atomic E-state index is -0.218. The van der Waals surface area contributed by atoms with Gasteiger partial charge in [0.05, 0.1) is 0 Å². The molecule has 2 aromatic carbocycles. The van der Waals surface area contributed by atoms with E-state index in [0.29, 0.717) is 29.8 Å². The summed E-state index contributed by atoms with van der Waals surface area (Å²) in [6, 6.07) is 17.4. The fourth-order valence-corrected chi connectivity index (χ4v) is 2.65. The number of benzene rings is 2. The van der Waals surface area contributed by atoms with Gasteiger partial charge in [-0.15, -0.1) is 0 Å². The van der Waals surface area contributed by atoms with E-state index in [-0.39, 0.29) is 5.91 Å². The molecule has 0 atom stereocenters. The summed E-state index contributed by atoms with van der Waals surface area (Å²) in [5.74, 6) is 0.214. The number of hydrogen-bond acceptors (Lipinski definition) is 4. The first-order chi connectivity index (χ1) is 13.1. The average Bonchev–Trinajstić information content (AvgIpc) is 2.69. The van der Waals surface area contributed by atoms with Gasteiger partial charge in [0.15, 0.2) is 0 Å². The van der Waals surface area contributed by atoms with Crippen LogP contribution in [0.5, 0.6) is 0 Å². The van der Waals surface area contributed by atoms with E-state index in [1.54, 1.807) is 12.3 Å². The summed E-state index contributed by atoms with van der Waals surface area (Å²) >= 11 is 5.87. The molecule has 0 aliphatic heterocycles. The van der Waals surface area contributed by atoms with Gasteiger partial charge in [-0.3, -0.25) is 4.79 Å². The molecule has 0 unspecified atom stereocenters. The fraction of sp³-hybridized carbons (Fsp3) is 0.190. The van der Waals surface area contributed by atoms with Gasteiger partial charge in [0, 0.05) is 24.3 Å². The van der Waals surface area contributed by atoms with Crippen LogP contribution in [0, 0.1) is 6.92 Å². The molecule has 0 fully saturated rings. The van der Waals surface area contributed by atoms with Crippen LogP contribution in [-0.4, -0.2) is 22.4 Å². The zero-order chi connectivity index (χ0) is 19.1. The summed E-state index contributed by atoms with van der Waals surface area (Å²) in [7, 11) is 0. The number of amides is 1. The first-order valence-electron chi connectivity index (χ1n) is 8.75. The van der Waals surface area contributed by atoms with Crippen molar-refractivity contribution in [3.8, 4) is 0 Å². The predicted octanol–water partition coefficient (Wildman–Crippen LogP) is 4.02. The standard InChI is InChI=1S/C21H21ClN4O/c1-15-2-4-17(5-3-15)14-25-21-24-13-11-19(26-21)20(27)23-12-10-16-6-8-18(22)9-7-16/h2-9,11,13H,10,12,14H2,1H3,(H,23,27)(H,24,25,26). The predicted molar refractivity (Wildman–Crippen MR) is 108 cm³/mol. The molecule has 0 saturated carbocycles. The fourth-order valence-electron chi connectivity index (χ4n) is 2.52. The van der Waals surface area contributed by atoms with Crippen LogP contribution in [0.3, 0.4) is 0 Å². The smallest absolute Gasteiger partial charge is 0.270 e. The third kappa shape index (κ3) is 5.79. The van der Waals surface area contributed by atoms with E-state index in [1.165, 1.54) is 5.56 Å². The van der Waals surface area contributed by atoms with Crippen molar-refractivity contribution in [1.82, 2.24) is 15.3 Å². The summed E-state index contributed by atoms with van der Waals surface area (Å²) in [6.07, 6.45) is 2.31. The van der Waals surface area contributed by atoms with Crippen LogP contribution in [0.4, 0.5) is 5.95 Å². The summed E-state index contributed by atoms with van der Waals surface area (Å²) < 4.78 is 0. The highest BCUT2D eigenvalue weighted by molar-refractivity contribution is 6.30. The number of nitrogens with one attached hydrogen (secondary N) is 2. The van der Waals surface area contributed by atoms with Crippen molar-refractivity contribution in [2.24, 2.45) is 0 Å². The van der Waals surface area contributed by atoms with E-state index in [4.69, 9.17) is 11.6 Å². The van der Waals surface area contributed by atoms with Crippen molar-refractivity contribution in [2.75, 3.05) is 11.9 Å². The number of carbonyl (C=O) groups excluding carboxylic acids is 1. The summed E-state index contributed by atoms with van der Waals surface area (Å²) in [4.78, 5) is 20.8. The molecule has 6 heteroatoms. The molecule has 0 bridgehead atoms. The third-order valence-electron chi connectivity index (χ3n) is 4.07. The zero-order valence-electron chi connectivity index (χ0n) is 15.1. The summed E-state index contributed by atoms with van der Waals surface area (Å²) in [6.45, 7) is 3.17.